The van der Waals surface area contributed by atoms with Crippen LogP contribution in [0.2, 0.25) is 5.02 Å². The summed E-state index contributed by atoms with van der Waals surface area (Å²) in [5.74, 6) is -0.938. The van der Waals surface area contributed by atoms with Crippen LogP contribution in [0.15, 0.2) is 18.5 Å². The van der Waals surface area contributed by atoms with Crippen molar-refractivity contribution in [1.82, 2.24) is 9.88 Å². The molecule has 0 unspecified atom stereocenters. The lowest BCUT2D eigenvalue weighted by atomic mass is 9.96. The normalized spacial score (nSPS) is 18.3. The Morgan fingerprint density at radius 1 is 1.67 bits per heavy atom. The van der Waals surface area contributed by atoms with Crippen molar-refractivity contribution >= 4 is 17.6 Å². The second kappa shape index (κ2) is 5.22. The molecule has 5 nitrogen and oxygen atoms in total. The number of carboxylic acid groups (broad SMARTS) is 1. The van der Waals surface area contributed by atoms with Crippen LogP contribution >= 0.6 is 11.6 Å². The van der Waals surface area contributed by atoms with Crippen molar-refractivity contribution in [2.45, 2.75) is 19.1 Å². The second-order valence-corrected chi connectivity index (χ2v) is 5.15. The van der Waals surface area contributed by atoms with Gasteiger partial charge < -0.3 is 9.84 Å². The van der Waals surface area contributed by atoms with Crippen LogP contribution in [0.1, 0.15) is 12.5 Å². The van der Waals surface area contributed by atoms with Gasteiger partial charge in [-0.1, -0.05) is 11.6 Å². The largest absolute Gasteiger partial charge is 0.480 e. The summed E-state index contributed by atoms with van der Waals surface area (Å²) in [6.07, 6.45) is 3.33. The first kappa shape index (κ1) is 13.3. The first-order valence-electron chi connectivity index (χ1n) is 5.65. The Balaban J connectivity index is 1.82. The molecular formula is C12H15ClN2O3. The molecule has 1 aromatic heterocycles. The lowest BCUT2D eigenvalue weighted by Crippen LogP contribution is -2.61. The third kappa shape index (κ3) is 3.19. The van der Waals surface area contributed by atoms with E-state index in [1.54, 1.807) is 12.4 Å². The van der Waals surface area contributed by atoms with Crippen LogP contribution in [-0.4, -0.2) is 46.3 Å². The van der Waals surface area contributed by atoms with Crippen LogP contribution in [-0.2, 0) is 16.1 Å². The molecule has 6 heteroatoms. The first-order valence-corrected chi connectivity index (χ1v) is 6.03. The minimum Gasteiger partial charge on any atom is -0.480 e. The van der Waals surface area contributed by atoms with Gasteiger partial charge in [-0.3, -0.25) is 9.88 Å². The maximum absolute atomic E-state index is 10.4. The molecule has 0 saturated carbocycles. The second-order valence-electron chi connectivity index (χ2n) is 4.74. The van der Waals surface area contributed by atoms with E-state index in [2.05, 4.69) is 9.88 Å². The summed E-state index contributed by atoms with van der Waals surface area (Å²) in [5.41, 5.74) is 0.657. The minimum atomic E-state index is -0.938. The summed E-state index contributed by atoms with van der Waals surface area (Å²) in [6, 6.07) is 1.89. The molecule has 0 bridgehead atoms. The molecule has 1 aliphatic heterocycles. The number of rotatable bonds is 5. The highest BCUT2D eigenvalue weighted by atomic mass is 35.5. The molecule has 1 fully saturated rings. The zero-order valence-electron chi connectivity index (χ0n) is 10.1. The molecule has 98 valence electrons. The van der Waals surface area contributed by atoms with E-state index in [1.807, 2.05) is 13.0 Å². The van der Waals surface area contributed by atoms with Gasteiger partial charge in [0.1, 0.15) is 6.61 Å². The molecule has 18 heavy (non-hydrogen) atoms. The standard InChI is InChI=1S/C12H15ClN2O3/c1-12(18-6-11(16)17)7-15(8-12)5-9-2-3-14-4-10(9)13/h2-4H,5-8H2,1H3,(H,16,17). The summed E-state index contributed by atoms with van der Waals surface area (Å²) in [6.45, 7) is 3.81. The summed E-state index contributed by atoms with van der Waals surface area (Å²) in [7, 11) is 0. The van der Waals surface area contributed by atoms with Crippen molar-refractivity contribution in [1.29, 1.82) is 0 Å². The van der Waals surface area contributed by atoms with E-state index in [4.69, 9.17) is 21.4 Å². The third-order valence-electron chi connectivity index (χ3n) is 2.91. The fourth-order valence-electron chi connectivity index (χ4n) is 2.11. The number of hydrogen-bond acceptors (Lipinski definition) is 4. The fraction of sp³-hybridized carbons (Fsp3) is 0.500. The smallest absolute Gasteiger partial charge is 0.329 e. The zero-order chi connectivity index (χ0) is 13.2. The van der Waals surface area contributed by atoms with Gasteiger partial charge in [0.05, 0.1) is 10.6 Å². The van der Waals surface area contributed by atoms with Gasteiger partial charge in [0, 0.05) is 32.0 Å². The molecule has 2 heterocycles. The lowest BCUT2D eigenvalue weighted by Gasteiger charge is -2.47. The maximum atomic E-state index is 10.4. The van der Waals surface area contributed by atoms with Gasteiger partial charge in [-0.15, -0.1) is 0 Å². The van der Waals surface area contributed by atoms with E-state index in [-0.39, 0.29) is 12.2 Å². The number of aromatic nitrogens is 1. The highest BCUT2D eigenvalue weighted by Gasteiger charge is 2.40. The Bertz CT molecular complexity index is 447. The van der Waals surface area contributed by atoms with Crippen molar-refractivity contribution in [3.05, 3.63) is 29.0 Å². The Hall–Kier alpha value is -1.17. The van der Waals surface area contributed by atoms with E-state index in [9.17, 15) is 4.79 Å². The van der Waals surface area contributed by atoms with E-state index in [1.165, 1.54) is 0 Å². The molecule has 1 aromatic rings. The molecule has 1 saturated heterocycles. The number of likely N-dealkylation sites (tertiary alicyclic amines) is 1. The molecular weight excluding hydrogens is 256 g/mol. The molecule has 0 atom stereocenters. The zero-order valence-corrected chi connectivity index (χ0v) is 10.9. The molecule has 0 aromatic carbocycles. The molecule has 0 radical (unpaired) electrons. The van der Waals surface area contributed by atoms with Crippen molar-refractivity contribution in [3.8, 4) is 0 Å². The molecule has 0 amide bonds. The SMILES string of the molecule is CC1(OCC(=O)O)CN(Cc2ccncc2Cl)C1. The van der Waals surface area contributed by atoms with Crippen molar-refractivity contribution in [3.63, 3.8) is 0 Å². The lowest BCUT2D eigenvalue weighted by molar-refractivity contribution is -0.165. The summed E-state index contributed by atoms with van der Waals surface area (Å²) < 4.78 is 5.34. The number of aliphatic carboxylic acids is 1. The highest BCUT2D eigenvalue weighted by molar-refractivity contribution is 6.31. The van der Waals surface area contributed by atoms with Crippen molar-refractivity contribution in [2.75, 3.05) is 19.7 Å². The topological polar surface area (TPSA) is 62.7 Å². The summed E-state index contributed by atoms with van der Waals surface area (Å²) in [4.78, 5) is 16.5. The number of halogens is 1. The third-order valence-corrected chi connectivity index (χ3v) is 3.25. The van der Waals surface area contributed by atoms with E-state index < -0.39 is 5.97 Å². The average molecular weight is 271 g/mol. The maximum Gasteiger partial charge on any atom is 0.329 e. The van der Waals surface area contributed by atoms with Crippen LogP contribution in [0.5, 0.6) is 0 Å². The van der Waals surface area contributed by atoms with Gasteiger partial charge in [-0.05, 0) is 18.6 Å². The van der Waals surface area contributed by atoms with Crippen LogP contribution < -0.4 is 0 Å². The monoisotopic (exact) mass is 270 g/mol. The predicted octanol–water partition coefficient (Wildman–Crippen LogP) is 1.41. The fourth-order valence-corrected chi connectivity index (χ4v) is 2.29. The van der Waals surface area contributed by atoms with Crippen LogP contribution in [0.25, 0.3) is 0 Å². The minimum absolute atomic E-state index is 0.250. The van der Waals surface area contributed by atoms with Crippen molar-refractivity contribution in [2.24, 2.45) is 0 Å². The number of hydrogen-bond donors (Lipinski definition) is 1. The average Bonchev–Trinajstić information content (AvgIpc) is 2.27. The Morgan fingerprint density at radius 2 is 2.39 bits per heavy atom. The van der Waals surface area contributed by atoms with Gasteiger partial charge in [-0.2, -0.15) is 0 Å². The molecule has 2 rings (SSSR count). The van der Waals surface area contributed by atoms with Gasteiger partial charge in [0.25, 0.3) is 0 Å². The van der Waals surface area contributed by atoms with E-state index >= 15 is 0 Å². The van der Waals surface area contributed by atoms with Crippen molar-refractivity contribution < 1.29 is 14.6 Å². The van der Waals surface area contributed by atoms with Crippen LogP contribution in [0.3, 0.4) is 0 Å². The number of carboxylic acids is 1. The number of nitrogens with zero attached hydrogens (tertiary/aromatic N) is 2. The molecule has 1 N–H and O–H groups in total. The molecule has 1 aliphatic rings. The Kier molecular flexibility index (Phi) is 3.85. The first-order chi connectivity index (χ1) is 8.48. The van der Waals surface area contributed by atoms with Gasteiger partial charge in [0.2, 0.25) is 0 Å². The Morgan fingerprint density at radius 3 is 3.00 bits per heavy atom. The highest BCUT2D eigenvalue weighted by Crippen LogP contribution is 2.27. The van der Waals surface area contributed by atoms with E-state index in [0.717, 1.165) is 12.1 Å². The predicted molar refractivity (Wildman–Crippen MR) is 66.5 cm³/mol. The number of pyridine rings is 1. The quantitative estimate of drug-likeness (QED) is 0.877. The Labute approximate surface area is 110 Å². The van der Waals surface area contributed by atoms with Gasteiger partial charge in [-0.25, -0.2) is 4.79 Å². The molecule has 0 spiro atoms. The van der Waals surface area contributed by atoms with Gasteiger partial charge >= 0.3 is 5.97 Å². The summed E-state index contributed by atoms with van der Waals surface area (Å²) in [5, 5.41) is 9.22. The van der Waals surface area contributed by atoms with Crippen LogP contribution in [0.4, 0.5) is 0 Å². The van der Waals surface area contributed by atoms with E-state index in [0.29, 0.717) is 18.1 Å². The number of carbonyl (C=O) groups is 1. The van der Waals surface area contributed by atoms with Gasteiger partial charge in [0.15, 0.2) is 0 Å². The summed E-state index contributed by atoms with van der Waals surface area (Å²) >= 11 is 6.03. The number of ether oxygens (including phenoxy) is 1. The van der Waals surface area contributed by atoms with Crippen LogP contribution in [0, 0.1) is 0 Å². The molecule has 0 aliphatic carbocycles.